The second-order valence-electron chi connectivity index (χ2n) is 17.1. The lowest BCUT2D eigenvalue weighted by atomic mass is 10.1. The van der Waals surface area contributed by atoms with Crippen molar-refractivity contribution in [2.45, 2.75) is 277 Å². The normalized spacial score (nSPS) is 12.1. The van der Waals surface area contributed by atoms with Crippen molar-refractivity contribution in [2.24, 2.45) is 0 Å². The van der Waals surface area contributed by atoms with Gasteiger partial charge in [0.2, 0.25) is 0 Å². The minimum Gasteiger partial charge on any atom is -0.462 e. The highest BCUT2D eigenvalue weighted by molar-refractivity contribution is 5.71. The predicted octanol–water partition coefficient (Wildman–Crippen LogP) is 16.4. The summed E-state index contributed by atoms with van der Waals surface area (Å²) >= 11 is 0. The molecule has 0 heterocycles. The van der Waals surface area contributed by atoms with Gasteiger partial charge in [-0.3, -0.25) is 14.4 Å². The molecule has 0 radical (unpaired) electrons. The topological polar surface area (TPSA) is 78.9 Å². The van der Waals surface area contributed by atoms with Gasteiger partial charge in [0.25, 0.3) is 0 Å². The highest BCUT2D eigenvalue weighted by atomic mass is 16.6. The summed E-state index contributed by atoms with van der Waals surface area (Å²) in [5, 5.41) is 0. The van der Waals surface area contributed by atoms with Crippen molar-refractivity contribution in [3.05, 3.63) is 24.3 Å². The van der Waals surface area contributed by atoms with Crippen molar-refractivity contribution in [1.82, 2.24) is 0 Å². The summed E-state index contributed by atoms with van der Waals surface area (Å²) in [6.07, 6.45) is 53.2. The standard InChI is InChI=1S/C52H96O6/c1-4-7-10-13-16-19-21-22-23-24-25-26-27-28-29-30-32-33-36-39-42-45-51(54)57-48-49(47-56-50(53)44-41-38-35-18-15-12-9-6-3)58-52(55)46-43-40-37-34-31-20-17-14-11-8-5-2/h14,17,24-25,49H,4-13,15-16,18-23,26-48H2,1-3H3/b17-14-,25-24-. The van der Waals surface area contributed by atoms with Crippen LogP contribution in [0.15, 0.2) is 24.3 Å². The van der Waals surface area contributed by atoms with Gasteiger partial charge in [-0.15, -0.1) is 0 Å². The SMILES string of the molecule is CCCC/C=C\CCCCCCCC(=O)OC(COC(=O)CCCCCCCCCC)COC(=O)CCCCCCCCCCC/C=C\CCCCCCCCCC. The Hall–Kier alpha value is -2.11. The van der Waals surface area contributed by atoms with Gasteiger partial charge < -0.3 is 14.2 Å². The maximum Gasteiger partial charge on any atom is 0.306 e. The van der Waals surface area contributed by atoms with Crippen LogP contribution in [-0.2, 0) is 28.6 Å². The maximum absolute atomic E-state index is 12.7. The van der Waals surface area contributed by atoms with Crippen LogP contribution in [0, 0.1) is 0 Å². The summed E-state index contributed by atoms with van der Waals surface area (Å²) in [6.45, 7) is 6.58. The Labute approximate surface area is 360 Å². The average molecular weight is 817 g/mol. The third kappa shape index (κ3) is 45.0. The van der Waals surface area contributed by atoms with Crippen LogP contribution in [0.25, 0.3) is 0 Å². The number of allylic oxidation sites excluding steroid dienone is 4. The van der Waals surface area contributed by atoms with E-state index >= 15 is 0 Å². The van der Waals surface area contributed by atoms with Crippen LogP contribution < -0.4 is 0 Å². The molecule has 0 aromatic carbocycles. The molecule has 0 amide bonds. The van der Waals surface area contributed by atoms with Crippen molar-refractivity contribution in [3.8, 4) is 0 Å². The molecule has 0 fully saturated rings. The van der Waals surface area contributed by atoms with Crippen LogP contribution in [0.3, 0.4) is 0 Å². The van der Waals surface area contributed by atoms with Crippen LogP contribution in [0.5, 0.6) is 0 Å². The number of ether oxygens (including phenoxy) is 3. The molecule has 1 atom stereocenters. The number of esters is 3. The van der Waals surface area contributed by atoms with E-state index in [2.05, 4.69) is 45.1 Å². The quantitative estimate of drug-likeness (QED) is 0.0263. The smallest absolute Gasteiger partial charge is 0.306 e. The Balaban J connectivity index is 4.18. The molecule has 1 unspecified atom stereocenters. The molecular weight excluding hydrogens is 721 g/mol. The van der Waals surface area contributed by atoms with Gasteiger partial charge >= 0.3 is 17.9 Å². The third-order valence-electron chi connectivity index (χ3n) is 11.2. The Bertz CT molecular complexity index is 942. The van der Waals surface area contributed by atoms with Crippen LogP contribution in [-0.4, -0.2) is 37.2 Å². The molecule has 340 valence electrons. The van der Waals surface area contributed by atoms with Crippen molar-refractivity contribution < 1.29 is 28.6 Å². The lowest BCUT2D eigenvalue weighted by Gasteiger charge is -2.18. The molecule has 0 aromatic rings. The Kier molecular flexibility index (Phi) is 45.8. The lowest BCUT2D eigenvalue weighted by molar-refractivity contribution is -0.167. The number of rotatable bonds is 46. The van der Waals surface area contributed by atoms with Crippen molar-refractivity contribution in [2.75, 3.05) is 13.2 Å². The van der Waals surface area contributed by atoms with E-state index in [1.807, 2.05) is 0 Å². The van der Waals surface area contributed by atoms with E-state index in [1.54, 1.807) is 0 Å². The van der Waals surface area contributed by atoms with Crippen LogP contribution in [0.4, 0.5) is 0 Å². The molecule has 58 heavy (non-hydrogen) atoms. The highest BCUT2D eigenvalue weighted by Gasteiger charge is 2.19. The minimum atomic E-state index is -0.769. The number of carbonyl (C=O) groups is 3. The number of hydrogen-bond acceptors (Lipinski definition) is 6. The van der Waals surface area contributed by atoms with Gasteiger partial charge in [0.05, 0.1) is 0 Å². The fourth-order valence-electron chi connectivity index (χ4n) is 7.30. The molecule has 0 saturated carbocycles. The fraction of sp³-hybridized carbons (Fsp3) is 0.865. The summed E-state index contributed by atoms with van der Waals surface area (Å²) in [7, 11) is 0. The van der Waals surface area contributed by atoms with Gasteiger partial charge in [0, 0.05) is 19.3 Å². The molecule has 0 bridgehead atoms. The first-order valence-electron chi connectivity index (χ1n) is 25.3. The first-order valence-corrected chi connectivity index (χ1v) is 25.3. The van der Waals surface area contributed by atoms with E-state index in [0.717, 1.165) is 70.6 Å². The predicted molar refractivity (Wildman–Crippen MR) is 247 cm³/mol. The molecule has 0 aliphatic heterocycles. The van der Waals surface area contributed by atoms with E-state index in [4.69, 9.17) is 14.2 Å². The summed E-state index contributed by atoms with van der Waals surface area (Å²) in [4.78, 5) is 37.7. The van der Waals surface area contributed by atoms with Gasteiger partial charge in [-0.05, 0) is 64.2 Å². The zero-order valence-corrected chi connectivity index (χ0v) is 38.8. The van der Waals surface area contributed by atoms with Gasteiger partial charge in [0.15, 0.2) is 6.10 Å². The third-order valence-corrected chi connectivity index (χ3v) is 11.2. The van der Waals surface area contributed by atoms with Crippen molar-refractivity contribution >= 4 is 17.9 Å². The van der Waals surface area contributed by atoms with Crippen LogP contribution in [0.1, 0.15) is 271 Å². The first kappa shape index (κ1) is 55.9. The second kappa shape index (κ2) is 47.6. The number of carbonyl (C=O) groups excluding carboxylic acids is 3. The van der Waals surface area contributed by atoms with Crippen molar-refractivity contribution in [3.63, 3.8) is 0 Å². The second-order valence-corrected chi connectivity index (χ2v) is 17.1. The van der Waals surface area contributed by atoms with E-state index in [-0.39, 0.29) is 31.1 Å². The van der Waals surface area contributed by atoms with Gasteiger partial charge in [0.1, 0.15) is 13.2 Å². The zero-order valence-electron chi connectivity index (χ0n) is 38.8. The molecule has 6 heteroatoms. The van der Waals surface area contributed by atoms with Crippen molar-refractivity contribution in [1.29, 1.82) is 0 Å². The van der Waals surface area contributed by atoms with E-state index < -0.39 is 6.10 Å². The Morgan fingerprint density at radius 2 is 0.586 bits per heavy atom. The Morgan fingerprint density at radius 1 is 0.328 bits per heavy atom. The lowest BCUT2D eigenvalue weighted by Crippen LogP contribution is -2.30. The molecule has 0 aromatic heterocycles. The highest BCUT2D eigenvalue weighted by Crippen LogP contribution is 2.15. The molecule has 0 spiro atoms. The fourth-order valence-corrected chi connectivity index (χ4v) is 7.30. The number of hydrogen-bond donors (Lipinski definition) is 0. The van der Waals surface area contributed by atoms with E-state index in [0.29, 0.717) is 19.3 Å². The molecule has 0 aliphatic rings. The monoisotopic (exact) mass is 817 g/mol. The van der Waals surface area contributed by atoms with Gasteiger partial charge in [-0.1, -0.05) is 212 Å². The van der Waals surface area contributed by atoms with Gasteiger partial charge in [-0.25, -0.2) is 0 Å². The molecular formula is C52H96O6. The summed E-state index contributed by atoms with van der Waals surface area (Å²) < 4.78 is 16.7. The maximum atomic E-state index is 12.7. The molecule has 0 rings (SSSR count). The Morgan fingerprint density at radius 3 is 0.914 bits per heavy atom. The molecule has 0 aliphatic carbocycles. The summed E-state index contributed by atoms with van der Waals surface area (Å²) in [6, 6.07) is 0. The van der Waals surface area contributed by atoms with Crippen LogP contribution in [0.2, 0.25) is 0 Å². The average Bonchev–Trinajstić information content (AvgIpc) is 3.22. The summed E-state index contributed by atoms with van der Waals surface area (Å²) in [5.41, 5.74) is 0. The molecule has 0 N–H and O–H groups in total. The summed E-state index contributed by atoms with van der Waals surface area (Å²) in [5.74, 6) is -0.881. The molecule has 6 nitrogen and oxygen atoms in total. The zero-order chi connectivity index (χ0) is 42.3. The number of unbranched alkanes of at least 4 members (excludes halogenated alkanes) is 31. The van der Waals surface area contributed by atoms with E-state index in [9.17, 15) is 14.4 Å². The van der Waals surface area contributed by atoms with Crippen LogP contribution >= 0.6 is 0 Å². The van der Waals surface area contributed by atoms with Gasteiger partial charge in [-0.2, -0.15) is 0 Å². The first-order chi connectivity index (χ1) is 28.5. The minimum absolute atomic E-state index is 0.0727. The molecule has 0 saturated heterocycles. The van der Waals surface area contributed by atoms with E-state index in [1.165, 1.54) is 161 Å². The largest absolute Gasteiger partial charge is 0.462 e.